The quantitative estimate of drug-likeness (QED) is 0.293. The third kappa shape index (κ3) is 4.57. The maximum atomic E-state index is 12.6. The molecule has 6 nitrogen and oxygen atoms in total. The van der Waals surface area contributed by atoms with Gasteiger partial charge in [-0.2, -0.15) is 0 Å². The van der Waals surface area contributed by atoms with Crippen LogP contribution in [0.25, 0.3) is 9.88 Å². The molecule has 3 rings (SSSR count). The highest BCUT2D eigenvalue weighted by atomic mass is 32.1. The number of ketones is 1. The molecule has 3 aromatic rings. The molecular weight excluding hydrogens is 396 g/mol. The Bertz CT molecular complexity index is 957. The van der Waals surface area contributed by atoms with E-state index in [9.17, 15) is 9.59 Å². The van der Waals surface area contributed by atoms with E-state index in [0.717, 1.165) is 34.2 Å². The average Bonchev–Trinajstić information content (AvgIpc) is 3.42. The number of methoxy groups -OCH3 is 1. The summed E-state index contributed by atoms with van der Waals surface area (Å²) in [6, 6.07) is 5.73. The van der Waals surface area contributed by atoms with E-state index in [4.69, 9.17) is 9.47 Å². The molecule has 8 heteroatoms. The van der Waals surface area contributed by atoms with E-state index in [1.165, 1.54) is 11.3 Å². The van der Waals surface area contributed by atoms with Crippen LogP contribution in [0.3, 0.4) is 0 Å². The SMILES string of the molecule is COCCCn1c(C)cc(C(=O)COC(=O)c2csc(-c3cccs3)n2)c1C. The number of aromatic nitrogens is 2. The lowest BCUT2D eigenvalue weighted by Crippen LogP contribution is -2.15. The Morgan fingerprint density at radius 3 is 2.79 bits per heavy atom. The molecule has 0 fully saturated rings. The van der Waals surface area contributed by atoms with Crippen molar-refractivity contribution in [2.75, 3.05) is 20.3 Å². The Hall–Kier alpha value is -2.29. The Morgan fingerprint density at radius 1 is 1.25 bits per heavy atom. The smallest absolute Gasteiger partial charge is 0.358 e. The summed E-state index contributed by atoms with van der Waals surface area (Å²) in [5.74, 6) is -0.797. The van der Waals surface area contributed by atoms with Crippen molar-refractivity contribution >= 4 is 34.4 Å². The lowest BCUT2D eigenvalue weighted by Gasteiger charge is -2.09. The first-order valence-electron chi connectivity index (χ1n) is 8.86. The Morgan fingerprint density at radius 2 is 2.07 bits per heavy atom. The minimum atomic E-state index is -0.582. The van der Waals surface area contributed by atoms with Crippen LogP contribution in [0.5, 0.6) is 0 Å². The molecule has 0 spiro atoms. The van der Waals surface area contributed by atoms with Crippen LogP contribution in [-0.4, -0.2) is 41.6 Å². The summed E-state index contributed by atoms with van der Waals surface area (Å²) in [5.41, 5.74) is 2.69. The number of thiazole rings is 1. The molecule has 0 bridgehead atoms. The molecule has 0 amide bonds. The number of carbonyl (C=O) groups is 2. The summed E-state index contributed by atoms with van der Waals surface area (Å²) < 4.78 is 12.4. The number of nitrogens with zero attached hydrogens (tertiary/aromatic N) is 2. The second kappa shape index (κ2) is 9.27. The van der Waals surface area contributed by atoms with E-state index in [-0.39, 0.29) is 18.1 Å². The second-order valence-corrected chi connectivity index (χ2v) is 8.10. The van der Waals surface area contributed by atoms with Crippen molar-refractivity contribution in [3.05, 3.63) is 51.6 Å². The van der Waals surface area contributed by atoms with Crippen molar-refractivity contribution in [3.8, 4) is 9.88 Å². The molecule has 3 aromatic heterocycles. The fraction of sp³-hybridized carbons (Fsp3) is 0.350. The van der Waals surface area contributed by atoms with E-state index in [1.54, 1.807) is 23.8 Å². The summed E-state index contributed by atoms with van der Waals surface area (Å²) in [6.45, 7) is 5.02. The average molecular weight is 419 g/mol. The minimum Gasteiger partial charge on any atom is -0.453 e. The van der Waals surface area contributed by atoms with Gasteiger partial charge in [-0.1, -0.05) is 6.07 Å². The molecule has 0 aromatic carbocycles. The van der Waals surface area contributed by atoms with Crippen molar-refractivity contribution in [2.45, 2.75) is 26.8 Å². The predicted octanol–water partition coefficient (Wildman–Crippen LogP) is 4.37. The topological polar surface area (TPSA) is 70.4 Å². The molecule has 0 aliphatic heterocycles. The minimum absolute atomic E-state index is 0.215. The van der Waals surface area contributed by atoms with Crippen LogP contribution in [0.2, 0.25) is 0 Å². The number of Topliss-reactive ketones (excluding diaryl/α,β-unsaturated/α-hetero) is 1. The predicted molar refractivity (Wildman–Crippen MR) is 110 cm³/mol. The van der Waals surface area contributed by atoms with E-state index in [2.05, 4.69) is 9.55 Å². The normalized spacial score (nSPS) is 11.0. The van der Waals surface area contributed by atoms with E-state index < -0.39 is 5.97 Å². The molecule has 0 N–H and O–H groups in total. The lowest BCUT2D eigenvalue weighted by molar-refractivity contribution is 0.0469. The molecular formula is C20H22N2O4S2. The standard InChI is InChI=1S/C20H22N2O4S2/c1-13-10-15(14(2)22(13)7-5-8-25-3)17(23)11-26-20(24)16-12-28-19(21-16)18-6-4-9-27-18/h4,6,9-10,12H,5,7-8,11H2,1-3H3. The summed E-state index contributed by atoms with van der Waals surface area (Å²) >= 11 is 2.94. The number of esters is 1. The van der Waals surface area contributed by atoms with Gasteiger partial charge in [0.2, 0.25) is 5.78 Å². The Balaban J connectivity index is 1.61. The second-order valence-electron chi connectivity index (χ2n) is 6.30. The number of ether oxygens (including phenoxy) is 2. The van der Waals surface area contributed by atoms with Crippen molar-refractivity contribution < 1.29 is 19.1 Å². The van der Waals surface area contributed by atoms with Gasteiger partial charge in [-0.05, 0) is 37.8 Å². The van der Waals surface area contributed by atoms with Gasteiger partial charge in [0.05, 0.1) is 4.88 Å². The van der Waals surface area contributed by atoms with E-state index in [1.807, 2.05) is 37.4 Å². The van der Waals surface area contributed by atoms with Crippen molar-refractivity contribution in [1.29, 1.82) is 0 Å². The largest absolute Gasteiger partial charge is 0.453 e. The van der Waals surface area contributed by atoms with Crippen LogP contribution in [0.1, 0.15) is 38.7 Å². The van der Waals surface area contributed by atoms with Crippen LogP contribution >= 0.6 is 22.7 Å². The molecule has 148 valence electrons. The van der Waals surface area contributed by atoms with Gasteiger partial charge >= 0.3 is 5.97 Å². The first-order valence-corrected chi connectivity index (χ1v) is 10.6. The molecule has 3 heterocycles. The summed E-state index contributed by atoms with van der Waals surface area (Å²) in [6.07, 6.45) is 0.867. The van der Waals surface area contributed by atoms with Crippen LogP contribution in [0.15, 0.2) is 29.0 Å². The van der Waals surface area contributed by atoms with Crippen molar-refractivity contribution in [1.82, 2.24) is 9.55 Å². The van der Waals surface area contributed by atoms with Gasteiger partial charge in [0.15, 0.2) is 12.3 Å². The van der Waals surface area contributed by atoms with Gasteiger partial charge in [-0.25, -0.2) is 9.78 Å². The van der Waals surface area contributed by atoms with Crippen molar-refractivity contribution in [3.63, 3.8) is 0 Å². The van der Waals surface area contributed by atoms with Gasteiger partial charge in [-0.3, -0.25) is 4.79 Å². The highest BCUT2D eigenvalue weighted by Crippen LogP contribution is 2.28. The number of rotatable bonds is 9. The first kappa shape index (κ1) is 20.4. The zero-order valence-corrected chi connectivity index (χ0v) is 17.7. The molecule has 28 heavy (non-hydrogen) atoms. The maximum Gasteiger partial charge on any atom is 0.358 e. The van der Waals surface area contributed by atoms with E-state index >= 15 is 0 Å². The molecule has 0 aliphatic carbocycles. The number of thiophene rings is 1. The third-order valence-electron chi connectivity index (χ3n) is 4.38. The fourth-order valence-corrected chi connectivity index (χ4v) is 4.56. The summed E-state index contributed by atoms with van der Waals surface area (Å²) in [4.78, 5) is 30.1. The fourth-order valence-electron chi connectivity index (χ4n) is 2.96. The Kier molecular flexibility index (Phi) is 6.77. The first-order chi connectivity index (χ1) is 13.5. The Labute approximate surface area is 171 Å². The lowest BCUT2D eigenvalue weighted by atomic mass is 10.1. The van der Waals surface area contributed by atoms with Gasteiger partial charge < -0.3 is 14.0 Å². The molecule has 0 atom stereocenters. The van der Waals surface area contributed by atoms with Crippen LogP contribution in [-0.2, 0) is 16.0 Å². The molecule has 0 radical (unpaired) electrons. The van der Waals surface area contributed by atoms with Gasteiger partial charge in [-0.15, -0.1) is 22.7 Å². The summed E-state index contributed by atoms with van der Waals surface area (Å²) in [5, 5.41) is 4.38. The molecule has 0 aliphatic rings. The summed E-state index contributed by atoms with van der Waals surface area (Å²) in [7, 11) is 1.67. The van der Waals surface area contributed by atoms with Gasteiger partial charge in [0, 0.05) is 42.6 Å². The molecule has 0 unspecified atom stereocenters. The molecule has 0 saturated heterocycles. The monoisotopic (exact) mass is 418 g/mol. The van der Waals surface area contributed by atoms with Crippen LogP contribution < -0.4 is 0 Å². The highest BCUT2D eigenvalue weighted by molar-refractivity contribution is 7.20. The zero-order valence-electron chi connectivity index (χ0n) is 16.1. The van der Waals surface area contributed by atoms with Gasteiger partial charge in [0.25, 0.3) is 0 Å². The van der Waals surface area contributed by atoms with Crippen LogP contribution in [0.4, 0.5) is 0 Å². The highest BCUT2D eigenvalue weighted by Gasteiger charge is 2.19. The molecule has 0 saturated carbocycles. The number of carbonyl (C=O) groups excluding carboxylic acids is 2. The number of aryl methyl sites for hydroxylation is 1. The zero-order chi connectivity index (χ0) is 20.1. The van der Waals surface area contributed by atoms with E-state index in [0.29, 0.717) is 12.2 Å². The number of hydrogen-bond donors (Lipinski definition) is 0. The number of hydrogen-bond acceptors (Lipinski definition) is 7. The van der Waals surface area contributed by atoms with Gasteiger partial charge in [0.1, 0.15) is 5.01 Å². The van der Waals surface area contributed by atoms with Crippen molar-refractivity contribution in [2.24, 2.45) is 0 Å². The van der Waals surface area contributed by atoms with Crippen LogP contribution in [0, 0.1) is 13.8 Å². The third-order valence-corrected chi connectivity index (χ3v) is 6.27. The maximum absolute atomic E-state index is 12.6.